The van der Waals surface area contributed by atoms with Crippen molar-refractivity contribution in [2.24, 2.45) is 0 Å². The Labute approximate surface area is 253 Å². The molecular weight excluding hydrogens is 581 g/mol. The molecule has 0 aromatic heterocycles. The molecular formula is C31H37Cl2N3O4S. The zero-order chi connectivity index (χ0) is 30.4. The van der Waals surface area contributed by atoms with Crippen LogP contribution < -0.4 is 9.62 Å². The Balaban J connectivity index is 2.05. The molecule has 2 amide bonds. The van der Waals surface area contributed by atoms with Gasteiger partial charge in [0.25, 0.3) is 10.0 Å². The van der Waals surface area contributed by atoms with Gasteiger partial charge >= 0.3 is 0 Å². The van der Waals surface area contributed by atoms with Gasteiger partial charge in [0.15, 0.2) is 0 Å². The van der Waals surface area contributed by atoms with Gasteiger partial charge in [-0.1, -0.05) is 78.2 Å². The van der Waals surface area contributed by atoms with Crippen LogP contribution in [0.3, 0.4) is 0 Å². The molecule has 10 heteroatoms. The number of nitrogens with one attached hydrogen (secondary N) is 1. The maximum atomic E-state index is 14.1. The number of nitrogens with zero attached hydrogens (tertiary/aromatic N) is 2. The largest absolute Gasteiger partial charge is 0.350 e. The lowest BCUT2D eigenvalue weighted by Gasteiger charge is -2.34. The third-order valence-electron chi connectivity index (χ3n) is 6.39. The molecule has 0 aliphatic rings. The van der Waals surface area contributed by atoms with E-state index in [0.717, 1.165) is 15.4 Å². The van der Waals surface area contributed by atoms with E-state index in [9.17, 15) is 18.0 Å². The molecule has 3 aromatic rings. The van der Waals surface area contributed by atoms with Crippen LogP contribution in [0.5, 0.6) is 0 Å². The third-order valence-corrected chi connectivity index (χ3v) is 8.62. The van der Waals surface area contributed by atoms with Crippen molar-refractivity contribution >= 4 is 50.7 Å². The van der Waals surface area contributed by atoms with Gasteiger partial charge in [-0.15, -0.1) is 0 Å². The molecule has 1 N–H and O–H groups in total. The topological polar surface area (TPSA) is 86.8 Å². The lowest BCUT2D eigenvalue weighted by atomic mass is 10.1. The SMILES string of the molecule is CC[C@H](C(=O)NC(C)(C)C)N(CCc1ccccc1)C(=O)CN(c1cc(Cl)cc(Cl)c1)S(=O)(=O)c1ccc(C)cc1. The van der Waals surface area contributed by atoms with E-state index in [2.05, 4.69) is 5.32 Å². The van der Waals surface area contributed by atoms with E-state index in [4.69, 9.17) is 23.2 Å². The van der Waals surface area contributed by atoms with Gasteiger partial charge in [-0.2, -0.15) is 0 Å². The lowest BCUT2D eigenvalue weighted by molar-refractivity contribution is -0.140. The summed E-state index contributed by atoms with van der Waals surface area (Å²) in [6.07, 6.45) is 0.829. The second-order valence-corrected chi connectivity index (χ2v) is 13.7. The minimum absolute atomic E-state index is 0.0142. The number of aryl methyl sites for hydroxylation is 1. The molecule has 3 aromatic carbocycles. The number of sulfonamides is 1. The molecule has 0 unspecified atom stereocenters. The minimum Gasteiger partial charge on any atom is -0.350 e. The molecule has 0 heterocycles. The van der Waals surface area contributed by atoms with Crippen molar-refractivity contribution in [3.8, 4) is 0 Å². The van der Waals surface area contributed by atoms with Crippen molar-refractivity contribution in [1.29, 1.82) is 0 Å². The summed E-state index contributed by atoms with van der Waals surface area (Å²) in [5.74, 6) is -0.830. The number of carbonyl (C=O) groups excluding carboxylic acids is 2. The van der Waals surface area contributed by atoms with Crippen molar-refractivity contribution < 1.29 is 18.0 Å². The highest BCUT2D eigenvalue weighted by Crippen LogP contribution is 2.30. The average molecular weight is 619 g/mol. The molecule has 0 saturated carbocycles. The Morgan fingerprint density at radius 3 is 2.05 bits per heavy atom. The van der Waals surface area contributed by atoms with E-state index in [1.54, 1.807) is 12.1 Å². The fourth-order valence-corrected chi connectivity index (χ4v) is 6.31. The number of amides is 2. The number of rotatable bonds is 11. The van der Waals surface area contributed by atoms with Crippen LogP contribution in [0.4, 0.5) is 5.69 Å². The molecule has 0 aliphatic heterocycles. The number of hydrogen-bond donors (Lipinski definition) is 1. The molecule has 0 spiro atoms. The summed E-state index contributed by atoms with van der Waals surface area (Å²) >= 11 is 12.5. The van der Waals surface area contributed by atoms with Crippen LogP contribution in [0.1, 0.15) is 45.2 Å². The number of anilines is 1. The normalized spacial score (nSPS) is 12.5. The summed E-state index contributed by atoms with van der Waals surface area (Å²) in [5.41, 5.74) is 1.51. The first-order valence-corrected chi connectivity index (χ1v) is 15.6. The second-order valence-electron chi connectivity index (χ2n) is 10.9. The Bertz CT molecular complexity index is 1440. The first-order chi connectivity index (χ1) is 19.2. The van der Waals surface area contributed by atoms with Gasteiger partial charge in [0.2, 0.25) is 11.8 Å². The second kappa shape index (κ2) is 13.7. The number of hydrogen-bond acceptors (Lipinski definition) is 4. The molecule has 220 valence electrons. The quantitative estimate of drug-likeness (QED) is 0.275. The molecule has 0 radical (unpaired) electrons. The monoisotopic (exact) mass is 617 g/mol. The Morgan fingerprint density at radius 1 is 0.927 bits per heavy atom. The van der Waals surface area contributed by atoms with Crippen molar-refractivity contribution in [1.82, 2.24) is 10.2 Å². The summed E-state index contributed by atoms with van der Waals surface area (Å²) in [7, 11) is -4.21. The molecule has 41 heavy (non-hydrogen) atoms. The van der Waals surface area contributed by atoms with Gasteiger partial charge in [-0.25, -0.2) is 8.42 Å². The van der Waals surface area contributed by atoms with E-state index in [1.807, 2.05) is 65.0 Å². The third kappa shape index (κ3) is 8.96. The summed E-state index contributed by atoms with van der Waals surface area (Å²) < 4.78 is 28.9. The summed E-state index contributed by atoms with van der Waals surface area (Å²) in [5, 5.41) is 3.41. The minimum atomic E-state index is -4.21. The van der Waals surface area contributed by atoms with Crippen LogP contribution in [0.15, 0.2) is 77.7 Å². The van der Waals surface area contributed by atoms with Crippen LogP contribution >= 0.6 is 23.2 Å². The van der Waals surface area contributed by atoms with Gasteiger partial charge < -0.3 is 10.2 Å². The van der Waals surface area contributed by atoms with Crippen molar-refractivity contribution in [2.45, 2.75) is 63.9 Å². The Morgan fingerprint density at radius 2 is 1.51 bits per heavy atom. The Hall–Kier alpha value is -3.07. The number of benzene rings is 3. The summed E-state index contributed by atoms with van der Waals surface area (Å²) in [6.45, 7) is 8.94. The van der Waals surface area contributed by atoms with Gasteiger partial charge in [0.1, 0.15) is 12.6 Å². The molecule has 3 rings (SSSR count). The lowest BCUT2D eigenvalue weighted by Crippen LogP contribution is -2.56. The Kier molecular flexibility index (Phi) is 10.9. The van der Waals surface area contributed by atoms with Gasteiger partial charge in [-0.05, 0) is 76.4 Å². The summed E-state index contributed by atoms with van der Waals surface area (Å²) in [4.78, 5) is 28.9. The first kappa shape index (κ1) is 32.4. The standard InChI is InChI=1S/C31H37Cl2N3O4S/c1-6-28(30(38)34-31(3,4)5)35(17-16-23-10-8-7-9-11-23)29(37)21-36(26-19-24(32)18-25(33)20-26)41(39,40)27-14-12-22(2)13-15-27/h7-15,18-20,28H,6,16-17,21H2,1-5H3,(H,34,38)/t28-/m1/s1. The average Bonchev–Trinajstić information content (AvgIpc) is 2.88. The van der Waals surface area contributed by atoms with Crippen LogP contribution in [0, 0.1) is 6.92 Å². The fourth-order valence-electron chi connectivity index (χ4n) is 4.40. The maximum Gasteiger partial charge on any atom is 0.264 e. The molecule has 0 fully saturated rings. The first-order valence-electron chi connectivity index (χ1n) is 13.4. The molecule has 7 nitrogen and oxygen atoms in total. The van der Waals surface area contributed by atoms with Crippen LogP contribution in [0.2, 0.25) is 10.0 Å². The zero-order valence-electron chi connectivity index (χ0n) is 24.0. The fraction of sp³-hybridized carbons (Fsp3) is 0.355. The van der Waals surface area contributed by atoms with Crippen LogP contribution in [-0.2, 0) is 26.0 Å². The van der Waals surface area contributed by atoms with Gasteiger partial charge in [0, 0.05) is 22.1 Å². The predicted octanol–water partition coefficient (Wildman–Crippen LogP) is 6.26. The molecule has 0 aliphatic carbocycles. The van der Waals surface area contributed by atoms with E-state index in [-0.39, 0.29) is 33.1 Å². The number of carbonyl (C=O) groups is 2. The van der Waals surface area contributed by atoms with Crippen molar-refractivity contribution in [3.05, 3.63) is 94.0 Å². The predicted molar refractivity (Wildman–Crippen MR) is 166 cm³/mol. The van der Waals surface area contributed by atoms with Crippen molar-refractivity contribution in [3.63, 3.8) is 0 Å². The van der Waals surface area contributed by atoms with E-state index >= 15 is 0 Å². The van der Waals surface area contributed by atoms with Gasteiger partial charge in [-0.3, -0.25) is 13.9 Å². The van der Waals surface area contributed by atoms with Crippen LogP contribution in [0.25, 0.3) is 0 Å². The molecule has 0 saturated heterocycles. The van der Waals surface area contributed by atoms with E-state index < -0.39 is 34.1 Å². The van der Waals surface area contributed by atoms with E-state index in [0.29, 0.717) is 12.8 Å². The highest BCUT2D eigenvalue weighted by molar-refractivity contribution is 7.92. The number of halogens is 2. The van der Waals surface area contributed by atoms with Crippen molar-refractivity contribution in [2.75, 3.05) is 17.4 Å². The van der Waals surface area contributed by atoms with Crippen LogP contribution in [-0.4, -0.2) is 49.8 Å². The van der Waals surface area contributed by atoms with E-state index in [1.165, 1.54) is 35.2 Å². The maximum absolute atomic E-state index is 14.1. The highest BCUT2D eigenvalue weighted by atomic mass is 35.5. The summed E-state index contributed by atoms with van der Waals surface area (Å²) in [6, 6.07) is 19.5. The zero-order valence-corrected chi connectivity index (χ0v) is 26.4. The molecule has 0 bridgehead atoms. The smallest absolute Gasteiger partial charge is 0.264 e. The van der Waals surface area contributed by atoms with Gasteiger partial charge in [0.05, 0.1) is 10.6 Å². The molecule has 1 atom stereocenters. The highest BCUT2D eigenvalue weighted by Gasteiger charge is 2.34.